The van der Waals surface area contributed by atoms with Gasteiger partial charge in [-0.2, -0.15) is 0 Å². The molecule has 0 radical (unpaired) electrons. The van der Waals surface area contributed by atoms with Gasteiger partial charge in [0.25, 0.3) is 0 Å². The number of oxazole rings is 1. The fraction of sp³-hybridized carbons (Fsp3) is 0. The standard InChI is InChI=1S/C43H26N2O2S/c1-3-12-27(13-4-1)29-16-11-17-30(24-29)45(31-22-23-33-32-18-8-10-21-38(32)48-39(33)25-31)36-26-35-41(47-43(44-35)28-14-5-2-6-15-28)40-34-19-7-9-20-37(34)46-42(36)40/h1-26H. The lowest BCUT2D eigenvalue weighted by atomic mass is 10.0. The third-order valence-corrected chi connectivity index (χ3v) is 10.2. The number of nitrogens with zero attached hydrogens (tertiary/aromatic N) is 2. The van der Waals surface area contributed by atoms with Gasteiger partial charge in [-0.15, -0.1) is 11.3 Å². The Labute approximate surface area is 279 Å². The summed E-state index contributed by atoms with van der Waals surface area (Å²) in [5.41, 5.74) is 9.22. The molecule has 0 spiro atoms. The molecule has 0 aliphatic carbocycles. The Hall–Kier alpha value is -6.17. The average molecular weight is 635 g/mol. The maximum absolute atomic E-state index is 6.75. The minimum Gasteiger partial charge on any atom is -0.454 e. The Morgan fingerprint density at radius 2 is 1.17 bits per heavy atom. The highest BCUT2D eigenvalue weighted by molar-refractivity contribution is 7.25. The van der Waals surface area contributed by atoms with E-state index in [9.17, 15) is 0 Å². The summed E-state index contributed by atoms with van der Waals surface area (Å²) < 4.78 is 15.8. The van der Waals surface area contributed by atoms with Gasteiger partial charge in [0.2, 0.25) is 5.89 Å². The number of hydrogen-bond donors (Lipinski definition) is 0. The van der Waals surface area contributed by atoms with Crippen LogP contribution in [0.3, 0.4) is 0 Å². The summed E-state index contributed by atoms with van der Waals surface area (Å²) in [7, 11) is 0. The molecule has 5 heteroatoms. The van der Waals surface area contributed by atoms with Crippen LogP contribution >= 0.6 is 11.3 Å². The number of hydrogen-bond acceptors (Lipinski definition) is 5. The molecule has 3 heterocycles. The second kappa shape index (κ2) is 10.7. The summed E-state index contributed by atoms with van der Waals surface area (Å²) in [4.78, 5) is 7.36. The van der Waals surface area contributed by atoms with Gasteiger partial charge in [0.1, 0.15) is 11.1 Å². The number of para-hydroxylation sites is 1. The van der Waals surface area contributed by atoms with Crippen molar-refractivity contribution in [2.24, 2.45) is 0 Å². The minimum absolute atomic E-state index is 0.582. The van der Waals surface area contributed by atoms with Gasteiger partial charge in [-0.1, -0.05) is 103 Å². The van der Waals surface area contributed by atoms with Crippen LogP contribution in [-0.4, -0.2) is 4.98 Å². The predicted octanol–water partition coefficient (Wildman–Crippen LogP) is 12.9. The molecule has 0 saturated heterocycles. The van der Waals surface area contributed by atoms with Crippen molar-refractivity contribution in [3.05, 3.63) is 158 Å². The Morgan fingerprint density at radius 3 is 2.02 bits per heavy atom. The third kappa shape index (κ3) is 4.25. The second-order valence-electron chi connectivity index (χ2n) is 12.0. The molecule has 4 nitrogen and oxygen atoms in total. The molecule has 10 aromatic rings. The van der Waals surface area contributed by atoms with E-state index in [1.165, 1.54) is 20.2 Å². The monoisotopic (exact) mass is 634 g/mol. The topological polar surface area (TPSA) is 42.4 Å². The highest BCUT2D eigenvalue weighted by Crippen LogP contribution is 2.48. The number of furan rings is 1. The average Bonchev–Trinajstić information content (AvgIpc) is 3.86. The predicted molar refractivity (Wildman–Crippen MR) is 200 cm³/mol. The van der Waals surface area contributed by atoms with Crippen LogP contribution in [0.4, 0.5) is 17.1 Å². The Morgan fingerprint density at radius 1 is 0.479 bits per heavy atom. The molecule has 3 aromatic heterocycles. The smallest absolute Gasteiger partial charge is 0.227 e. The number of fused-ring (bicyclic) bond motifs is 8. The van der Waals surface area contributed by atoms with Gasteiger partial charge in [-0.05, 0) is 65.7 Å². The largest absolute Gasteiger partial charge is 0.454 e. The van der Waals surface area contributed by atoms with Crippen LogP contribution in [0.1, 0.15) is 0 Å². The number of thiophene rings is 1. The van der Waals surface area contributed by atoms with Crippen molar-refractivity contribution in [1.29, 1.82) is 0 Å². The maximum atomic E-state index is 6.75. The van der Waals surface area contributed by atoms with Crippen molar-refractivity contribution in [2.45, 2.75) is 0 Å². The number of aromatic nitrogens is 1. The summed E-state index contributed by atoms with van der Waals surface area (Å²) in [6.07, 6.45) is 0. The third-order valence-electron chi connectivity index (χ3n) is 9.08. The molecule has 226 valence electrons. The zero-order chi connectivity index (χ0) is 31.6. The van der Waals surface area contributed by atoms with E-state index in [1.54, 1.807) is 0 Å². The highest BCUT2D eigenvalue weighted by Gasteiger charge is 2.25. The van der Waals surface area contributed by atoms with Gasteiger partial charge >= 0.3 is 0 Å². The number of rotatable bonds is 5. The van der Waals surface area contributed by atoms with Crippen LogP contribution in [0, 0.1) is 0 Å². The summed E-state index contributed by atoms with van der Waals surface area (Å²) in [6, 6.07) is 54.9. The van der Waals surface area contributed by atoms with Crippen LogP contribution in [0.5, 0.6) is 0 Å². The van der Waals surface area contributed by atoms with Crippen LogP contribution in [0.2, 0.25) is 0 Å². The van der Waals surface area contributed by atoms with Gasteiger partial charge in [0, 0.05) is 42.5 Å². The molecule has 0 amide bonds. The van der Waals surface area contributed by atoms with Crippen molar-refractivity contribution >= 4 is 81.6 Å². The summed E-state index contributed by atoms with van der Waals surface area (Å²) >= 11 is 1.82. The zero-order valence-electron chi connectivity index (χ0n) is 25.6. The van der Waals surface area contributed by atoms with Gasteiger partial charge in [0.15, 0.2) is 11.2 Å². The molecule has 48 heavy (non-hydrogen) atoms. The summed E-state index contributed by atoms with van der Waals surface area (Å²) in [5, 5.41) is 4.44. The lowest BCUT2D eigenvalue weighted by Crippen LogP contribution is -2.10. The normalized spacial score (nSPS) is 11.8. The molecule has 0 saturated carbocycles. The van der Waals surface area contributed by atoms with E-state index in [4.69, 9.17) is 13.8 Å². The van der Waals surface area contributed by atoms with Crippen molar-refractivity contribution < 1.29 is 8.83 Å². The van der Waals surface area contributed by atoms with Gasteiger partial charge in [0.05, 0.1) is 11.1 Å². The first-order valence-corrected chi connectivity index (χ1v) is 16.8. The Balaban J connectivity index is 1.28. The quantitative estimate of drug-likeness (QED) is 0.189. The van der Waals surface area contributed by atoms with Gasteiger partial charge in [-0.25, -0.2) is 4.98 Å². The maximum Gasteiger partial charge on any atom is 0.227 e. The fourth-order valence-corrected chi connectivity index (χ4v) is 8.00. The minimum atomic E-state index is 0.582. The second-order valence-corrected chi connectivity index (χ2v) is 13.0. The highest BCUT2D eigenvalue weighted by atomic mass is 32.1. The Bertz CT molecular complexity index is 2790. The molecule has 0 bridgehead atoms. The molecule has 0 fully saturated rings. The van der Waals surface area contributed by atoms with E-state index in [2.05, 4.69) is 114 Å². The van der Waals surface area contributed by atoms with E-state index in [0.717, 1.165) is 66.8 Å². The lowest BCUT2D eigenvalue weighted by Gasteiger charge is -2.26. The zero-order valence-corrected chi connectivity index (χ0v) is 26.4. The van der Waals surface area contributed by atoms with Crippen molar-refractivity contribution in [3.8, 4) is 22.6 Å². The summed E-state index contributed by atoms with van der Waals surface area (Å²) in [6.45, 7) is 0. The SMILES string of the molecule is c1ccc(-c2cccc(N(c3ccc4c(c3)sc3ccccc34)c3cc4nc(-c5ccccc5)oc4c4c3oc3ccccc34)c2)cc1. The Kier molecular flexibility index (Phi) is 6.01. The molecule has 0 atom stereocenters. The van der Waals surface area contributed by atoms with Gasteiger partial charge in [-0.3, -0.25) is 0 Å². The van der Waals surface area contributed by atoms with E-state index in [-0.39, 0.29) is 0 Å². The molecule has 0 aliphatic heterocycles. The molecule has 0 aliphatic rings. The van der Waals surface area contributed by atoms with E-state index in [1.807, 2.05) is 59.9 Å². The van der Waals surface area contributed by atoms with Crippen molar-refractivity contribution in [1.82, 2.24) is 4.98 Å². The number of anilines is 3. The first-order chi connectivity index (χ1) is 23.8. The lowest BCUT2D eigenvalue weighted by molar-refractivity contribution is 0.622. The fourth-order valence-electron chi connectivity index (χ4n) is 6.86. The van der Waals surface area contributed by atoms with E-state index < -0.39 is 0 Å². The molecule has 0 N–H and O–H groups in total. The van der Waals surface area contributed by atoms with Crippen molar-refractivity contribution in [3.63, 3.8) is 0 Å². The molecule has 7 aromatic carbocycles. The summed E-state index contributed by atoms with van der Waals surface area (Å²) in [5.74, 6) is 0.582. The molecular formula is C43H26N2O2S. The number of benzene rings is 7. The van der Waals surface area contributed by atoms with Crippen LogP contribution in [0.25, 0.3) is 75.8 Å². The van der Waals surface area contributed by atoms with Crippen LogP contribution in [0.15, 0.2) is 167 Å². The van der Waals surface area contributed by atoms with E-state index >= 15 is 0 Å². The first-order valence-electron chi connectivity index (χ1n) is 16.0. The molecule has 0 unspecified atom stereocenters. The van der Waals surface area contributed by atoms with Crippen LogP contribution < -0.4 is 4.90 Å². The van der Waals surface area contributed by atoms with Gasteiger partial charge < -0.3 is 13.7 Å². The van der Waals surface area contributed by atoms with Crippen LogP contribution in [-0.2, 0) is 0 Å². The molecule has 10 rings (SSSR count). The first kappa shape index (κ1) is 27.0. The molecular weight excluding hydrogens is 609 g/mol. The van der Waals surface area contributed by atoms with Crippen molar-refractivity contribution in [2.75, 3.05) is 4.90 Å². The van der Waals surface area contributed by atoms with E-state index in [0.29, 0.717) is 5.89 Å².